The number of hydrogen-bond acceptors (Lipinski definition) is 1. The van der Waals surface area contributed by atoms with Crippen LogP contribution in [0.1, 0.15) is 71.1 Å². The molecule has 0 aliphatic heterocycles. The third-order valence-electron chi connectivity index (χ3n) is 4.59. The van der Waals surface area contributed by atoms with E-state index in [-0.39, 0.29) is 0 Å². The van der Waals surface area contributed by atoms with Crippen LogP contribution < -0.4 is 0 Å². The molecule has 94 valence electrons. The molecule has 0 N–H and O–H groups in total. The highest BCUT2D eigenvalue weighted by Gasteiger charge is 2.33. The molecule has 2 rings (SSSR count). The maximum atomic E-state index is 6.26. The Labute approximate surface area is 103 Å². The topological polar surface area (TPSA) is 9.23 Å². The molecule has 1 nitrogen and oxygen atoms in total. The number of rotatable bonds is 4. The highest BCUT2D eigenvalue weighted by atomic mass is 28.3. The van der Waals surface area contributed by atoms with Gasteiger partial charge in [0.1, 0.15) is 0 Å². The molecule has 0 aromatic heterocycles. The summed E-state index contributed by atoms with van der Waals surface area (Å²) in [4.78, 5) is 0. The van der Waals surface area contributed by atoms with Crippen molar-refractivity contribution >= 4 is 9.04 Å². The molecule has 2 heteroatoms. The average Bonchev–Trinajstić information content (AvgIpc) is 2.38. The molecule has 2 fully saturated rings. The molecule has 0 amide bonds. The third kappa shape index (κ3) is 3.33. The lowest BCUT2D eigenvalue weighted by Crippen LogP contribution is -2.33. The Morgan fingerprint density at radius 1 is 0.812 bits per heavy atom. The Kier molecular flexibility index (Phi) is 5.37. The van der Waals surface area contributed by atoms with Crippen molar-refractivity contribution in [2.45, 2.75) is 82.2 Å². The molecule has 2 aliphatic rings. The summed E-state index contributed by atoms with van der Waals surface area (Å²) in [5.74, 6) is 0. The van der Waals surface area contributed by atoms with Crippen LogP contribution in [0.4, 0.5) is 0 Å². The zero-order valence-corrected chi connectivity index (χ0v) is 12.1. The lowest BCUT2D eigenvalue weighted by atomic mass is 9.99. The van der Waals surface area contributed by atoms with E-state index in [1.165, 1.54) is 64.2 Å². The van der Waals surface area contributed by atoms with E-state index in [0.29, 0.717) is 0 Å². The summed E-state index contributed by atoms with van der Waals surface area (Å²) in [5, 5.41) is 0. The van der Waals surface area contributed by atoms with Crippen LogP contribution >= 0.6 is 0 Å². The molecule has 0 aromatic rings. The second kappa shape index (κ2) is 6.80. The zero-order valence-electron chi connectivity index (χ0n) is 10.9. The van der Waals surface area contributed by atoms with Crippen molar-refractivity contribution in [2.24, 2.45) is 0 Å². The van der Waals surface area contributed by atoms with Gasteiger partial charge < -0.3 is 4.43 Å². The fourth-order valence-corrected chi connectivity index (χ4v) is 7.73. The summed E-state index contributed by atoms with van der Waals surface area (Å²) >= 11 is 0. The summed E-state index contributed by atoms with van der Waals surface area (Å²) in [7, 11) is -0.897. The first-order chi connectivity index (χ1) is 7.92. The Hall–Kier alpha value is 0.177. The zero-order chi connectivity index (χ0) is 11.2. The lowest BCUT2D eigenvalue weighted by molar-refractivity contribution is 0.298. The molecule has 0 heterocycles. The molecule has 2 aliphatic carbocycles. The number of hydrogen-bond donors (Lipinski definition) is 0. The fourth-order valence-electron chi connectivity index (χ4n) is 3.77. The largest absolute Gasteiger partial charge is 0.420 e. The van der Waals surface area contributed by atoms with Gasteiger partial charge in [-0.15, -0.1) is 0 Å². The summed E-state index contributed by atoms with van der Waals surface area (Å²) in [6.45, 7) is 3.18. The van der Waals surface area contributed by atoms with Gasteiger partial charge in [-0.2, -0.15) is 0 Å². The van der Waals surface area contributed by atoms with Gasteiger partial charge in [-0.25, -0.2) is 0 Å². The molecule has 0 spiro atoms. The molecule has 16 heavy (non-hydrogen) atoms. The molecular formula is C14H28OSi. The average molecular weight is 240 g/mol. The minimum absolute atomic E-state index is 0.897. The van der Waals surface area contributed by atoms with E-state index < -0.39 is 9.04 Å². The monoisotopic (exact) mass is 240 g/mol. The van der Waals surface area contributed by atoms with Crippen LogP contribution in [0, 0.1) is 0 Å². The first-order valence-electron chi connectivity index (χ1n) is 7.53. The van der Waals surface area contributed by atoms with Crippen LogP contribution in [0.25, 0.3) is 0 Å². The molecule has 0 radical (unpaired) electrons. The highest BCUT2D eigenvalue weighted by Crippen LogP contribution is 2.41. The van der Waals surface area contributed by atoms with E-state index in [4.69, 9.17) is 4.43 Å². The summed E-state index contributed by atoms with van der Waals surface area (Å²) in [6, 6.07) is 0. The Morgan fingerprint density at radius 2 is 1.25 bits per heavy atom. The second-order valence-corrected chi connectivity index (χ2v) is 8.86. The van der Waals surface area contributed by atoms with Crippen LogP contribution in [0.2, 0.25) is 11.1 Å². The standard InChI is InChI=1S/C14H28OSi/c1-2-15-16(13-9-5-3-6-10-13)14-11-7-4-8-12-14/h13-14,16H,2-12H2,1H3. The van der Waals surface area contributed by atoms with Gasteiger partial charge >= 0.3 is 0 Å². The van der Waals surface area contributed by atoms with Crippen LogP contribution in [-0.2, 0) is 4.43 Å². The van der Waals surface area contributed by atoms with Crippen LogP contribution in [0.15, 0.2) is 0 Å². The van der Waals surface area contributed by atoms with Gasteiger partial charge in [-0.3, -0.25) is 0 Å². The van der Waals surface area contributed by atoms with Crippen molar-refractivity contribution in [3.8, 4) is 0 Å². The molecule has 0 atom stereocenters. The minimum Gasteiger partial charge on any atom is -0.420 e. The quantitative estimate of drug-likeness (QED) is 0.661. The van der Waals surface area contributed by atoms with Crippen LogP contribution in [0.3, 0.4) is 0 Å². The molecule has 0 saturated heterocycles. The van der Waals surface area contributed by atoms with Crippen molar-refractivity contribution in [2.75, 3.05) is 6.61 Å². The van der Waals surface area contributed by atoms with Crippen LogP contribution in [-0.4, -0.2) is 15.6 Å². The van der Waals surface area contributed by atoms with E-state index in [2.05, 4.69) is 6.92 Å². The first kappa shape index (κ1) is 12.6. The smallest absolute Gasteiger partial charge is 0.183 e. The van der Waals surface area contributed by atoms with E-state index in [1.54, 1.807) is 0 Å². The van der Waals surface area contributed by atoms with E-state index in [1.807, 2.05) is 0 Å². The summed E-state index contributed by atoms with van der Waals surface area (Å²) in [6.07, 6.45) is 14.9. The third-order valence-corrected chi connectivity index (χ3v) is 8.50. The summed E-state index contributed by atoms with van der Waals surface area (Å²) < 4.78 is 6.26. The SMILES string of the molecule is CCO[SiH](C1CCCCC1)C1CCCCC1. The second-order valence-electron chi connectivity index (χ2n) is 5.72. The Balaban J connectivity index is 1.91. The molecule has 2 saturated carbocycles. The van der Waals surface area contributed by atoms with Gasteiger partial charge in [0, 0.05) is 6.61 Å². The van der Waals surface area contributed by atoms with Gasteiger partial charge in [-0.1, -0.05) is 64.2 Å². The van der Waals surface area contributed by atoms with Crippen molar-refractivity contribution < 1.29 is 4.43 Å². The Bertz CT molecular complexity index is 165. The maximum Gasteiger partial charge on any atom is 0.183 e. The normalized spacial score (nSPS) is 25.1. The Morgan fingerprint density at radius 3 is 1.62 bits per heavy atom. The lowest BCUT2D eigenvalue weighted by Gasteiger charge is -2.36. The first-order valence-corrected chi connectivity index (χ1v) is 9.34. The van der Waals surface area contributed by atoms with E-state index >= 15 is 0 Å². The van der Waals surface area contributed by atoms with E-state index in [0.717, 1.165) is 17.7 Å². The molecule has 0 unspecified atom stereocenters. The van der Waals surface area contributed by atoms with Crippen molar-refractivity contribution in [3.05, 3.63) is 0 Å². The molecular weight excluding hydrogens is 212 g/mol. The van der Waals surface area contributed by atoms with Crippen molar-refractivity contribution in [3.63, 3.8) is 0 Å². The van der Waals surface area contributed by atoms with Crippen LogP contribution in [0.5, 0.6) is 0 Å². The van der Waals surface area contributed by atoms with Gasteiger partial charge in [-0.05, 0) is 18.0 Å². The minimum atomic E-state index is -0.897. The van der Waals surface area contributed by atoms with Gasteiger partial charge in [0.25, 0.3) is 0 Å². The maximum absolute atomic E-state index is 6.26. The predicted molar refractivity (Wildman–Crippen MR) is 72.4 cm³/mol. The summed E-state index contributed by atoms with van der Waals surface area (Å²) in [5.41, 5.74) is 2.05. The highest BCUT2D eigenvalue weighted by molar-refractivity contribution is 6.55. The van der Waals surface area contributed by atoms with Crippen molar-refractivity contribution in [1.29, 1.82) is 0 Å². The predicted octanol–water partition coefficient (Wildman–Crippen LogP) is 4.42. The van der Waals surface area contributed by atoms with E-state index in [9.17, 15) is 0 Å². The molecule has 0 bridgehead atoms. The van der Waals surface area contributed by atoms with Gasteiger partial charge in [0.2, 0.25) is 0 Å². The van der Waals surface area contributed by atoms with Gasteiger partial charge in [0.05, 0.1) is 0 Å². The van der Waals surface area contributed by atoms with Crippen molar-refractivity contribution in [1.82, 2.24) is 0 Å². The molecule has 0 aromatic carbocycles. The fraction of sp³-hybridized carbons (Fsp3) is 1.00. The van der Waals surface area contributed by atoms with Gasteiger partial charge in [0.15, 0.2) is 9.04 Å².